The van der Waals surface area contributed by atoms with E-state index in [1.54, 1.807) is 36.4 Å². The minimum Gasteiger partial charge on any atom is -0.495 e. The van der Waals surface area contributed by atoms with Gasteiger partial charge in [0.25, 0.3) is 11.8 Å². The van der Waals surface area contributed by atoms with Crippen molar-refractivity contribution in [3.63, 3.8) is 0 Å². The van der Waals surface area contributed by atoms with Crippen molar-refractivity contribution in [2.45, 2.75) is 26.0 Å². The molecule has 1 aliphatic heterocycles. The lowest BCUT2D eigenvalue weighted by Gasteiger charge is -2.30. The first-order valence-corrected chi connectivity index (χ1v) is 11.0. The van der Waals surface area contributed by atoms with Gasteiger partial charge >= 0.3 is 0 Å². The second kappa shape index (κ2) is 9.66. The van der Waals surface area contributed by atoms with Gasteiger partial charge in [-0.1, -0.05) is 12.1 Å². The molecule has 0 saturated heterocycles. The van der Waals surface area contributed by atoms with Crippen LogP contribution in [0.1, 0.15) is 35.3 Å². The van der Waals surface area contributed by atoms with Crippen molar-refractivity contribution in [2.24, 2.45) is 0 Å². The molecule has 35 heavy (non-hydrogen) atoms. The molecule has 1 amide bonds. The van der Waals surface area contributed by atoms with E-state index < -0.39 is 11.4 Å². The van der Waals surface area contributed by atoms with Crippen LogP contribution in [0.5, 0.6) is 23.1 Å². The zero-order valence-electron chi connectivity index (χ0n) is 20.3. The molecule has 0 radical (unpaired) electrons. The fourth-order valence-electron chi connectivity index (χ4n) is 3.91. The van der Waals surface area contributed by atoms with Gasteiger partial charge in [-0.05, 0) is 68.0 Å². The Bertz CT molecular complexity index is 1290. The van der Waals surface area contributed by atoms with E-state index >= 15 is 0 Å². The summed E-state index contributed by atoms with van der Waals surface area (Å²) in [4.78, 5) is 19.9. The maximum absolute atomic E-state index is 14.0. The number of benzene rings is 2. The average molecular weight is 479 g/mol. The molecule has 0 aliphatic carbocycles. The van der Waals surface area contributed by atoms with Crippen molar-refractivity contribution in [1.29, 1.82) is 0 Å². The lowest BCUT2D eigenvalue weighted by atomic mass is 9.99. The Morgan fingerprint density at radius 1 is 1.06 bits per heavy atom. The fourth-order valence-corrected chi connectivity index (χ4v) is 3.91. The van der Waals surface area contributed by atoms with Crippen molar-refractivity contribution in [1.82, 2.24) is 4.98 Å². The van der Waals surface area contributed by atoms with Gasteiger partial charge in [0.1, 0.15) is 28.7 Å². The predicted molar refractivity (Wildman–Crippen MR) is 131 cm³/mol. The van der Waals surface area contributed by atoms with Gasteiger partial charge < -0.3 is 18.9 Å². The van der Waals surface area contributed by atoms with Crippen LogP contribution in [-0.4, -0.2) is 37.8 Å². The summed E-state index contributed by atoms with van der Waals surface area (Å²) in [5, 5.41) is 0. The predicted octanol–water partition coefficient (Wildman–Crippen LogP) is 5.28. The van der Waals surface area contributed by atoms with E-state index in [0.29, 0.717) is 39.8 Å². The van der Waals surface area contributed by atoms with Gasteiger partial charge in [-0.3, -0.25) is 9.69 Å². The van der Waals surface area contributed by atoms with E-state index in [1.807, 2.05) is 26.0 Å². The maximum Gasteiger partial charge on any atom is 0.263 e. The molecule has 3 aromatic rings. The monoisotopic (exact) mass is 478 g/mol. The molecule has 1 aromatic heterocycles. The van der Waals surface area contributed by atoms with Gasteiger partial charge in [-0.15, -0.1) is 0 Å². The number of hydrogen-bond donors (Lipinski definition) is 0. The quantitative estimate of drug-likeness (QED) is 0.460. The molecular formula is C27H27FN2O5. The maximum atomic E-state index is 14.0. The molecule has 7 nitrogen and oxygen atoms in total. The molecule has 1 aliphatic rings. The number of amides is 1. The lowest BCUT2D eigenvalue weighted by Crippen LogP contribution is -2.32. The summed E-state index contributed by atoms with van der Waals surface area (Å²) in [6.45, 7) is 3.96. The summed E-state index contributed by atoms with van der Waals surface area (Å²) in [7, 11) is 4.48. The molecule has 0 unspecified atom stereocenters. The summed E-state index contributed by atoms with van der Waals surface area (Å²) in [6.07, 6.45) is 3.80. The number of ether oxygens (including phenoxy) is 4. The minimum absolute atomic E-state index is 0.0681. The number of hydrogen-bond acceptors (Lipinski definition) is 6. The highest BCUT2D eigenvalue weighted by molar-refractivity contribution is 6.08. The van der Waals surface area contributed by atoms with Crippen LogP contribution in [0, 0.1) is 5.82 Å². The second-order valence-electron chi connectivity index (χ2n) is 8.50. The summed E-state index contributed by atoms with van der Waals surface area (Å²) in [5.41, 5.74) is 1.10. The van der Waals surface area contributed by atoms with E-state index in [4.69, 9.17) is 18.9 Å². The van der Waals surface area contributed by atoms with Gasteiger partial charge in [0, 0.05) is 0 Å². The third kappa shape index (κ3) is 4.91. The van der Waals surface area contributed by atoms with Crippen LogP contribution >= 0.6 is 0 Å². The van der Waals surface area contributed by atoms with Crippen molar-refractivity contribution >= 4 is 17.8 Å². The Morgan fingerprint density at radius 2 is 1.86 bits per heavy atom. The summed E-state index contributed by atoms with van der Waals surface area (Å²) >= 11 is 0. The molecule has 0 saturated carbocycles. The van der Waals surface area contributed by atoms with Gasteiger partial charge in [0.15, 0.2) is 5.75 Å². The number of anilines is 1. The van der Waals surface area contributed by atoms with Crippen molar-refractivity contribution < 1.29 is 28.1 Å². The van der Waals surface area contributed by atoms with E-state index in [2.05, 4.69) is 4.98 Å². The highest BCUT2D eigenvalue weighted by Gasteiger charge is 2.29. The molecule has 0 spiro atoms. The van der Waals surface area contributed by atoms with E-state index in [9.17, 15) is 9.18 Å². The number of aromatic nitrogens is 1. The molecule has 182 valence electrons. The lowest BCUT2D eigenvalue weighted by molar-refractivity contribution is 0.0981. The first-order chi connectivity index (χ1) is 16.8. The van der Waals surface area contributed by atoms with Gasteiger partial charge in [-0.25, -0.2) is 4.39 Å². The van der Waals surface area contributed by atoms with Crippen molar-refractivity contribution in [3.05, 3.63) is 77.1 Å². The van der Waals surface area contributed by atoms with Gasteiger partial charge in [-0.2, -0.15) is 4.98 Å². The molecule has 0 N–H and O–H groups in total. The SMILES string of the molecule is COc1ccc(N(Cc2cccc(F)c2)C(=O)c2ccc3c(c2OC)C=CC(C)(C)O3)nc1OC. The molecule has 2 heterocycles. The van der Waals surface area contributed by atoms with Crippen molar-refractivity contribution in [2.75, 3.05) is 26.2 Å². The van der Waals surface area contributed by atoms with Crippen LogP contribution in [0.2, 0.25) is 0 Å². The number of carbonyl (C=O) groups excluding carboxylic acids is 1. The molecule has 0 fully saturated rings. The normalized spacial score (nSPS) is 13.4. The van der Waals surface area contributed by atoms with Gasteiger partial charge in [0.05, 0.1) is 39.0 Å². The Kier molecular flexibility index (Phi) is 6.64. The van der Waals surface area contributed by atoms with E-state index in [-0.39, 0.29) is 18.3 Å². The standard InChI is InChI=1S/C27H27FN2O5/c1-27(2)14-13-19-21(35-27)10-9-20(24(19)33-4)26(31)30(16-17-7-6-8-18(28)15-17)23-12-11-22(32-3)25(29-23)34-5/h6-15H,16H2,1-5H3. The number of carbonyl (C=O) groups is 1. The topological polar surface area (TPSA) is 70.1 Å². The fraction of sp³-hybridized carbons (Fsp3) is 0.259. The molecule has 2 aromatic carbocycles. The zero-order chi connectivity index (χ0) is 25.2. The summed E-state index contributed by atoms with van der Waals surface area (Å²) < 4.78 is 36.3. The molecule has 0 atom stereocenters. The van der Waals surface area contributed by atoms with Crippen LogP contribution in [0.3, 0.4) is 0 Å². The summed E-state index contributed by atoms with van der Waals surface area (Å²) in [6, 6.07) is 12.8. The number of nitrogens with zero attached hydrogens (tertiary/aromatic N) is 2. The third-order valence-corrected chi connectivity index (χ3v) is 5.59. The Hall–Kier alpha value is -4.07. The zero-order valence-corrected chi connectivity index (χ0v) is 20.3. The first kappa shape index (κ1) is 24.1. The Balaban J connectivity index is 1.81. The molecular weight excluding hydrogens is 451 g/mol. The van der Waals surface area contributed by atoms with E-state index in [0.717, 1.165) is 0 Å². The largest absolute Gasteiger partial charge is 0.495 e. The van der Waals surface area contributed by atoms with Crippen LogP contribution in [0.15, 0.2) is 54.6 Å². The number of methoxy groups -OCH3 is 3. The highest BCUT2D eigenvalue weighted by Crippen LogP contribution is 2.40. The Morgan fingerprint density at radius 3 is 2.54 bits per heavy atom. The highest BCUT2D eigenvalue weighted by atomic mass is 19.1. The minimum atomic E-state index is -0.476. The van der Waals surface area contributed by atoms with E-state index in [1.165, 1.54) is 38.4 Å². The van der Waals surface area contributed by atoms with Gasteiger partial charge in [0.2, 0.25) is 0 Å². The number of halogens is 1. The van der Waals surface area contributed by atoms with Crippen molar-refractivity contribution in [3.8, 4) is 23.1 Å². The van der Waals surface area contributed by atoms with Crippen LogP contribution in [-0.2, 0) is 6.54 Å². The number of pyridine rings is 1. The molecule has 4 rings (SSSR count). The second-order valence-corrected chi connectivity index (χ2v) is 8.50. The number of rotatable bonds is 7. The third-order valence-electron chi connectivity index (χ3n) is 5.59. The summed E-state index contributed by atoms with van der Waals surface area (Å²) in [5.74, 6) is 1.17. The van der Waals surface area contributed by atoms with Crippen LogP contribution in [0.25, 0.3) is 6.08 Å². The van der Waals surface area contributed by atoms with Crippen LogP contribution < -0.4 is 23.8 Å². The average Bonchev–Trinajstić information content (AvgIpc) is 2.85. The molecule has 0 bridgehead atoms. The molecule has 8 heteroatoms. The number of fused-ring (bicyclic) bond motifs is 1. The first-order valence-electron chi connectivity index (χ1n) is 11.0. The Labute approximate surface area is 203 Å². The van der Waals surface area contributed by atoms with Crippen LogP contribution in [0.4, 0.5) is 10.2 Å². The smallest absolute Gasteiger partial charge is 0.263 e.